The van der Waals surface area contributed by atoms with Crippen LogP contribution in [0.25, 0.3) is 0 Å². The number of benzene rings is 1. The molecule has 5 heteroatoms. The van der Waals surface area contributed by atoms with Gasteiger partial charge in [0.25, 0.3) is 0 Å². The number of amides is 2. The molecule has 0 spiro atoms. The molecule has 1 saturated heterocycles. The van der Waals surface area contributed by atoms with Crippen LogP contribution in [0.15, 0.2) is 54.9 Å². The largest absolute Gasteiger partial charge is 0.369 e. The maximum Gasteiger partial charge on any atom is 0.315 e. The number of nitrogens with zero attached hydrogens (tertiary/aromatic N) is 2. The monoisotopic (exact) mass is 296 g/mol. The Morgan fingerprint density at radius 1 is 1.18 bits per heavy atom. The fourth-order valence-electron chi connectivity index (χ4n) is 2.67. The van der Waals surface area contributed by atoms with Gasteiger partial charge in [-0.2, -0.15) is 0 Å². The van der Waals surface area contributed by atoms with E-state index in [4.69, 9.17) is 0 Å². The molecule has 1 fully saturated rings. The first-order valence-electron chi connectivity index (χ1n) is 7.54. The van der Waals surface area contributed by atoms with Crippen LogP contribution in [0.2, 0.25) is 0 Å². The van der Waals surface area contributed by atoms with Crippen LogP contribution in [-0.4, -0.2) is 30.1 Å². The van der Waals surface area contributed by atoms with Gasteiger partial charge >= 0.3 is 6.03 Å². The van der Waals surface area contributed by atoms with E-state index < -0.39 is 0 Å². The Bertz CT molecular complexity index is 603. The van der Waals surface area contributed by atoms with Crippen LogP contribution in [-0.2, 0) is 6.54 Å². The number of rotatable bonds is 4. The normalized spacial score (nSPS) is 17.3. The SMILES string of the molecule is O=C(NCc1ccncc1)NC1CCN(c2ccccc2)C1. The minimum Gasteiger partial charge on any atom is -0.369 e. The summed E-state index contributed by atoms with van der Waals surface area (Å²) in [6.45, 7) is 2.34. The summed E-state index contributed by atoms with van der Waals surface area (Å²) in [5, 5.41) is 5.93. The van der Waals surface area contributed by atoms with E-state index in [1.807, 2.05) is 30.3 Å². The summed E-state index contributed by atoms with van der Waals surface area (Å²) < 4.78 is 0. The minimum atomic E-state index is -0.114. The predicted octanol–water partition coefficient (Wildman–Crippen LogP) is 2.16. The van der Waals surface area contributed by atoms with E-state index in [1.54, 1.807) is 12.4 Å². The second-order valence-electron chi connectivity index (χ2n) is 5.45. The van der Waals surface area contributed by atoms with E-state index in [2.05, 4.69) is 32.7 Å². The molecule has 1 aliphatic rings. The molecular formula is C17H20N4O. The first kappa shape index (κ1) is 14.4. The third kappa shape index (κ3) is 3.75. The quantitative estimate of drug-likeness (QED) is 0.909. The van der Waals surface area contributed by atoms with Gasteiger partial charge in [0.15, 0.2) is 0 Å². The highest BCUT2D eigenvalue weighted by Crippen LogP contribution is 2.19. The van der Waals surface area contributed by atoms with Crippen molar-refractivity contribution in [3.8, 4) is 0 Å². The lowest BCUT2D eigenvalue weighted by Gasteiger charge is -2.19. The van der Waals surface area contributed by atoms with Crippen LogP contribution < -0.4 is 15.5 Å². The zero-order valence-corrected chi connectivity index (χ0v) is 12.4. The molecule has 1 aromatic carbocycles. The predicted molar refractivity (Wildman–Crippen MR) is 86.7 cm³/mol. The van der Waals surface area contributed by atoms with Crippen molar-refractivity contribution in [1.29, 1.82) is 0 Å². The van der Waals surface area contributed by atoms with E-state index >= 15 is 0 Å². The molecule has 0 saturated carbocycles. The molecule has 1 aliphatic heterocycles. The van der Waals surface area contributed by atoms with Gasteiger partial charge in [-0.3, -0.25) is 4.98 Å². The Labute approximate surface area is 130 Å². The lowest BCUT2D eigenvalue weighted by molar-refractivity contribution is 0.237. The summed E-state index contributed by atoms with van der Waals surface area (Å²) >= 11 is 0. The van der Waals surface area contributed by atoms with Crippen molar-refractivity contribution in [2.24, 2.45) is 0 Å². The molecule has 0 aliphatic carbocycles. The molecule has 0 bridgehead atoms. The number of carbonyl (C=O) groups is 1. The number of urea groups is 1. The van der Waals surface area contributed by atoms with Gasteiger partial charge in [0.1, 0.15) is 0 Å². The molecule has 3 rings (SSSR count). The number of pyridine rings is 1. The fraction of sp³-hybridized carbons (Fsp3) is 0.294. The first-order valence-corrected chi connectivity index (χ1v) is 7.54. The number of aromatic nitrogens is 1. The van der Waals surface area contributed by atoms with Crippen molar-refractivity contribution >= 4 is 11.7 Å². The second-order valence-corrected chi connectivity index (χ2v) is 5.45. The van der Waals surface area contributed by atoms with Crippen molar-refractivity contribution in [3.63, 3.8) is 0 Å². The molecule has 0 radical (unpaired) electrons. The number of anilines is 1. The average molecular weight is 296 g/mol. The van der Waals surface area contributed by atoms with E-state index in [0.29, 0.717) is 6.54 Å². The maximum atomic E-state index is 12.0. The van der Waals surface area contributed by atoms with Crippen molar-refractivity contribution in [2.75, 3.05) is 18.0 Å². The van der Waals surface area contributed by atoms with Crippen LogP contribution in [0.4, 0.5) is 10.5 Å². The van der Waals surface area contributed by atoms with E-state index in [1.165, 1.54) is 5.69 Å². The van der Waals surface area contributed by atoms with E-state index in [0.717, 1.165) is 25.1 Å². The van der Waals surface area contributed by atoms with Gasteiger partial charge in [-0.05, 0) is 36.2 Å². The highest BCUT2D eigenvalue weighted by molar-refractivity contribution is 5.74. The second kappa shape index (κ2) is 6.93. The Morgan fingerprint density at radius 2 is 1.95 bits per heavy atom. The van der Waals surface area contributed by atoms with Crippen molar-refractivity contribution < 1.29 is 4.79 Å². The standard InChI is InChI=1S/C17H20N4O/c22-17(19-12-14-6-9-18-10-7-14)20-15-8-11-21(13-15)16-4-2-1-3-5-16/h1-7,9-10,15H,8,11-13H2,(H2,19,20,22). The summed E-state index contributed by atoms with van der Waals surface area (Å²) in [5.74, 6) is 0. The molecule has 2 N–H and O–H groups in total. The topological polar surface area (TPSA) is 57.3 Å². The summed E-state index contributed by atoms with van der Waals surface area (Å²) in [6, 6.07) is 14.2. The van der Waals surface area contributed by atoms with Crippen molar-refractivity contribution in [3.05, 3.63) is 60.4 Å². The first-order chi connectivity index (χ1) is 10.8. The Kier molecular flexibility index (Phi) is 4.53. The fourth-order valence-corrected chi connectivity index (χ4v) is 2.67. The Morgan fingerprint density at radius 3 is 2.73 bits per heavy atom. The average Bonchev–Trinajstić information content (AvgIpc) is 3.03. The van der Waals surface area contributed by atoms with Gasteiger partial charge in [0, 0.05) is 43.8 Å². The summed E-state index contributed by atoms with van der Waals surface area (Å²) in [4.78, 5) is 18.2. The van der Waals surface area contributed by atoms with Gasteiger partial charge in [0.05, 0.1) is 0 Å². The highest BCUT2D eigenvalue weighted by Gasteiger charge is 2.23. The third-order valence-electron chi connectivity index (χ3n) is 3.85. The zero-order chi connectivity index (χ0) is 15.2. The number of hydrogen-bond donors (Lipinski definition) is 2. The summed E-state index contributed by atoms with van der Waals surface area (Å²) in [5.41, 5.74) is 2.26. The number of hydrogen-bond acceptors (Lipinski definition) is 3. The molecule has 114 valence electrons. The number of para-hydroxylation sites is 1. The van der Waals surface area contributed by atoms with Gasteiger partial charge in [-0.15, -0.1) is 0 Å². The minimum absolute atomic E-state index is 0.114. The molecule has 22 heavy (non-hydrogen) atoms. The van der Waals surface area contributed by atoms with Crippen LogP contribution in [0, 0.1) is 0 Å². The lowest BCUT2D eigenvalue weighted by Crippen LogP contribution is -2.43. The Hall–Kier alpha value is -2.56. The van der Waals surface area contributed by atoms with Crippen LogP contribution in [0.3, 0.4) is 0 Å². The van der Waals surface area contributed by atoms with E-state index in [9.17, 15) is 4.79 Å². The van der Waals surface area contributed by atoms with Gasteiger partial charge in [-0.25, -0.2) is 4.79 Å². The lowest BCUT2D eigenvalue weighted by atomic mass is 10.2. The molecule has 1 atom stereocenters. The van der Waals surface area contributed by atoms with Gasteiger partial charge in [0.2, 0.25) is 0 Å². The van der Waals surface area contributed by atoms with Crippen molar-refractivity contribution in [1.82, 2.24) is 15.6 Å². The third-order valence-corrected chi connectivity index (χ3v) is 3.85. The maximum absolute atomic E-state index is 12.0. The van der Waals surface area contributed by atoms with Crippen molar-refractivity contribution in [2.45, 2.75) is 19.0 Å². The van der Waals surface area contributed by atoms with Crippen LogP contribution in [0.1, 0.15) is 12.0 Å². The molecule has 1 unspecified atom stereocenters. The molecular weight excluding hydrogens is 276 g/mol. The molecule has 2 amide bonds. The van der Waals surface area contributed by atoms with Gasteiger partial charge in [-0.1, -0.05) is 18.2 Å². The Balaban J connectivity index is 1.45. The number of nitrogens with one attached hydrogen (secondary N) is 2. The molecule has 2 heterocycles. The molecule has 1 aromatic heterocycles. The highest BCUT2D eigenvalue weighted by atomic mass is 16.2. The molecule has 2 aromatic rings. The zero-order valence-electron chi connectivity index (χ0n) is 12.4. The molecule has 5 nitrogen and oxygen atoms in total. The smallest absolute Gasteiger partial charge is 0.315 e. The van der Waals surface area contributed by atoms with E-state index in [-0.39, 0.29) is 12.1 Å². The van der Waals surface area contributed by atoms with Crippen LogP contribution in [0.5, 0.6) is 0 Å². The number of carbonyl (C=O) groups excluding carboxylic acids is 1. The van der Waals surface area contributed by atoms with Crippen LogP contribution >= 0.6 is 0 Å². The summed E-state index contributed by atoms with van der Waals surface area (Å²) in [7, 11) is 0. The summed E-state index contributed by atoms with van der Waals surface area (Å²) in [6.07, 6.45) is 4.42. The van der Waals surface area contributed by atoms with Gasteiger partial charge < -0.3 is 15.5 Å².